The fourth-order valence-electron chi connectivity index (χ4n) is 4.52. The quantitative estimate of drug-likeness (QED) is 0.259. The van der Waals surface area contributed by atoms with E-state index in [2.05, 4.69) is 0 Å². The molecule has 0 spiro atoms. The maximum atomic E-state index is 13.4. The fraction of sp³-hybridized carbons (Fsp3) is 0.259. The summed E-state index contributed by atoms with van der Waals surface area (Å²) in [7, 11) is 6.55. The molecule has 0 saturated carbocycles. The number of ether oxygens (including phenoxy) is 2. The molecule has 1 aliphatic heterocycles. The van der Waals surface area contributed by atoms with E-state index in [1.165, 1.54) is 25.2 Å². The molecular formula is C27H26Cl2N2O5. The van der Waals surface area contributed by atoms with Gasteiger partial charge >= 0.3 is 0 Å². The van der Waals surface area contributed by atoms with Gasteiger partial charge < -0.3 is 24.4 Å². The molecule has 1 unspecified atom stereocenters. The van der Waals surface area contributed by atoms with Crippen LogP contribution in [0.4, 0.5) is 0 Å². The van der Waals surface area contributed by atoms with Crippen LogP contribution in [0.2, 0.25) is 10.0 Å². The second-order valence-electron chi connectivity index (χ2n) is 8.65. The highest BCUT2D eigenvalue weighted by atomic mass is 35.5. The number of amides is 1. The number of methoxy groups -OCH3 is 2. The number of likely N-dealkylation sites (tertiary alicyclic amines) is 1. The number of benzene rings is 3. The Labute approximate surface area is 219 Å². The summed E-state index contributed by atoms with van der Waals surface area (Å²) in [5, 5.41) is 13.5. The first-order valence-electron chi connectivity index (χ1n) is 11.2. The summed E-state index contributed by atoms with van der Waals surface area (Å²) >= 11 is 12.8. The van der Waals surface area contributed by atoms with Crippen molar-refractivity contribution in [2.24, 2.45) is 0 Å². The first kappa shape index (κ1) is 25.8. The van der Waals surface area contributed by atoms with Crippen molar-refractivity contribution < 1.29 is 24.2 Å². The van der Waals surface area contributed by atoms with Gasteiger partial charge in [-0.2, -0.15) is 0 Å². The highest BCUT2D eigenvalue weighted by Gasteiger charge is 2.46. The summed E-state index contributed by atoms with van der Waals surface area (Å²) in [6, 6.07) is 14.0. The van der Waals surface area contributed by atoms with Crippen LogP contribution in [-0.4, -0.2) is 68.0 Å². The molecule has 1 N–H and O–H groups in total. The third kappa shape index (κ3) is 4.39. The van der Waals surface area contributed by atoms with Gasteiger partial charge in [0.2, 0.25) is 0 Å². The number of carbonyl (C=O) groups excluding carboxylic acids is 2. The average molecular weight is 529 g/mol. The van der Waals surface area contributed by atoms with E-state index in [0.29, 0.717) is 6.54 Å². The van der Waals surface area contributed by atoms with E-state index in [0.717, 1.165) is 16.3 Å². The van der Waals surface area contributed by atoms with Gasteiger partial charge in [0.05, 0.1) is 36.4 Å². The van der Waals surface area contributed by atoms with Crippen molar-refractivity contribution in [2.45, 2.75) is 6.04 Å². The maximum Gasteiger partial charge on any atom is 0.295 e. The lowest BCUT2D eigenvalue weighted by molar-refractivity contribution is -0.140. The molecule has 1 atom stereocenters. The zero-order chi connectivity index (χ0) is 26.1. The largest absolute Gasteiger partial charge is 0.507 e. The molecule has 9 heteroatoms. The molecule has 1 saturated heterocycles. The number of fused-ring (bicyclic) bond motifs is 1. The van der Waals surface area contributed by atoms with E-state index in [-0.39, 0.29) is 39.2 Å². The van der Waals surface area contributed by atoms with E-state index >= 15 is 0 Å². The third-order valence-electron chi connectivity index (χ3n) is 6.24. The molecule has 0 bridgehead atoms. The molecule has 0 radical (unpaired) electrons. The van der Waals surface area contributed by atoms with Gasteiger partial charge in [-0.15, -0.1) is 0 Å². The van der Waals surface area contributed by atoms with Crippen LogP contribution in [0.5, 0.6) is 11.5 Å². The van der Waals surface area contributed by atoms with Crippen molar-refractivity contribution >= 4 is 51.4 Å². The SMILES string of the molecule is COc1c(Cl)cc(/C(O)=C2\C(=O)C(=O)N(CCN(C)C)C2c2cccc3ccccc23)c(OC)c1Cl. The van der Waals surface area contributed by atoms with Gasteiger partial charge in [-0.05, 0) is 36.5 Å². The number of nitrogens with zero attached hydrogens (tertiary/aromatic N) is 2. The standard InChI is InChI=1S/C27H26Cl2N2O5/c1-30(2)12-13-31-22(17-11-7-9-15-8-5-6-10-16(15)17)20(24(33)27(31)34)23(32)18-14-19(28)26(36-4)21(29)25(18)35-3/h5-11,14,22,32H,12-13H2,1-4H3/b23-20+. The molecule has 1 amide bonds. The Balaban J connectivity index is 2.01. The number of hydrogen-bond acceptors (Lipinski definition) is 6. The molecule has 3 aromatic rings. The lowest BCUT2D eigenvalue weighted by atomic mass is 9.91. The second-order valence-corrected chi connectivity index (χ2v) is 9.44. The van der Waals surface area contributed by atoms with Crippen LogP contribution in [0.25, 0.3) is 16.5 Å². The van der Waals surface area contributed by atoms with E-state index in [1.807, 2.05) is 61.5 Å². The summed E-state index contributed by atoms with van der Waals surface area (Å²) in [5.74, 6) is -1.67. The van der Waals surface area contributed by atoms with Crippen molar-refractivity contribution in [3.05, 3.63) is 75.3 Å². The monoisotopic (exact) mass is 528 g/mol. The molecule has 0 aliphatic carbocycles. The number of likely N-dealkylation sites (N-methyl/N-ethyl adjacent to an activating group) is 1. The average Bonchev–Trinajstić information content (AvgIpc) is 3.11. The Kier molecular flexibility index (Phi) is 7.45. The minimum absolute atomic E-state index is 0.0394. The van der Waals surface area contributed by atoms with Crippen LogP contribution in [0.3, 0.4) is 0 Å². The minimum Gasteiger partial charge on any atom is -0.507 e. The van der Waals surface area contributed by atoms with E-state index in [4.69, 9.17) is 32.7 Å². The number of hydrogen-bond donors (Lipinski definition) is 1. The van der Waals surface area contributed by atoms with Crippen LogP contribution in [-0.2, 0) is 9.59 Å². The van der Waals surface area contributed by atoms with Gasteiger partial charge in [-0.1, -0.05) is 65.7 Å². The van der Waals surface area contributed by atoms with Crippen LogP contribution >= 0.6 is 23.2 Å². The lowest BCUT2D eigenvalue weighted by Gasteiger charge is -2.27. The van der Waals surface area contributed by atoms with E-state index < -0.39 is 23.5 Å². The summed E-state index contributed by atoms with van der Waals surface area (Å²) in [5.41, 5.74) is 0.743. The lowest BCUT2D eigenvalue weighted by Crippen LogP contribution is -2.35. The minimum atomic E-state index is -0.833. The number of rotatable bonds is 7. The highest BCUT2D eigenvalue weighted by Crippen LogP contribution is 2.47. The summed E-state index contributed by atoms with van der Waals surface area (Å²) in [6.45, 7) is 0.807. The van der Waals surface area contributed by atoms with Gasteiger partial charge in [0.25, 0.3) is 11.7 Å². The number of aliphatic hydroxyl groups is 1. The summed E-state index contributed by atoms with van der Waals surface area (Å²) in [4.78, 5) is 30.1. The molecule has 4 rings (SSSR count). The summed E-state index contributed by atoms with van der Waals surface area (Å²) < 4.78 is 10.7. The molecule has 36 heavy (non-hydrogen) atoms. The van der Waals surface area contributed by atoms with Gasteiger partial charge in [-0.25, -0.2) is 0 Å². The normalized spacial score (nSPS) is 17.3. The molecule has 1 aliphatic rings. The van der Waals surface area contributed by atoms with E-state index in [9.17, 15) is 14.7 Å². The molecule has 188 valence electrons. The number of halogens is 2. The van der Waals surface area contributed by atoms with Crippen LogP contribution < -0.4 is 9.47 Å². The van der Waals surface area contributed by atoms with Crippen molar-refractivity contribution in [1.29, 1.82) is 0 Å². The molecule has 3 aromatic carbocycles. The maximum absolute atomic E-state index is 13.4. The van der Waals surface area contributed by atoms with Crippen molar-refractivity contribution in [1.82, 2.24) is 9.80 Å². The number of carbonyl (C=O) groups is 2. The number of aliphatic hydroxyl groups excluding tert-OH is 1. The van der Waals surface area contributed by atoms with E-state index in [1.54, 1.807) is 0 Å². The zero-order valence-corrected chi connectivity index (χ0v) is 21.9. The molecule has 0 aromatic heterocycles. The molecule has 1 fully saturated rings. The Morgan fingerprint density at radius 2 is 1.69 bits per heavy atom. The van der Waals surface area contributed by atoms with Crippen LogP contribution in [0.15, 0.2) is 54.1 Å². The second kappa shape index (κ2) is 10.4. The number of ketones is 1. The van der Waals surface area contributed by atoms with Crippen LogP contribution in [0.1, 0.15) is 17.2 Å². The first-order valence-corrected chi connectivity index (χ1v) is 12.0. The van der Waals surface area contributed by atoms with Gasteiger partial charge in [-0.3, -0.25) is 9.59 Å². The summed E-state index contributed by atoms with van der Waals surface area (Å²) in [6.07, 6.45) is 0. The van der Waals surface area contributed by atoms with Crippen molar-refractivity contribution in [2.75, 3.05) is 41.4 Å². The van der Waals surface area contributed by atoms with Crippen molar-refractivity contribution in [3.8, 4) is 11.5 Å². The Morgan fingerprint density at radius 3 is 2.36 bits per heavy atom. The van der Waals surface area contributed by atoms with Gasteiger partial charge in [0.1, 0.15) is 10.8 Å². The van der Waals surface area contributed by atoms with Crippen LogP contribution in [0, 0.1) is 0 Å². The number of Topliss-reactive ketones (excluding diaryl/α,β-unsaturated/α-hetero) is 1. The molecular weight excluding hydrogens is 503 g/mol. The third-order valence-corrected chi connectivity index (χ3v) is 6.86. The molecule has 1 heterocycles. The highest BCUT2D eigenvalue weighted by molar-refractivity contribution is 6.47. The Morgan fingerprint density at radius 1 is 1.03 bits per heavy atom. The fourth-order valence-corrected chi connectivity index (χ4v) is 5.21. The van der Waals surface area contributed by atoms with Crippen molar-refractivity contribution in [3.63, 3.8) is 0 Å². The van der Waals surface area contributed by atoms with Gasteiger partial charge in [0, 0.05) is 13.1 Å². The van der Waals surface area contributed by atoms with Gasteiger partial charge in [0.15, 0.2) is 11.5 Å². The zero-order valence-electron chi connectivity index (χ0n) is 20.3. The smallest absolute Gasteiger partial charge is 0.295 e. The Hall–Kier alpha value is -3.26. The predicted molar refractivity (Wildman–Crippen MR) is 141 cm³/mol. The topological polar surface area (TPSA) is 79.3 Å². The predicted octanol–water partition coefficient (Wildman–Crippen LogP) is 5.15. The first-order chi connectivity index (χ1) is 17.2. The Bertz CT molecular complexity index is 1380. The molecule has 7 nitrogen and oxygen atoms in total.